The number of pyridine rings is 1. The molecule has 0 aliphatic rings. The molecule has 2 rings (SSSR count). The number of nitrogens with zero attached hydrogens (tertiary/aromatic N) is 1. The molecule has 1 N–H and O–H groups in total. The third kappa shape index (κ3) is 1.78. The van der Waals surface area contributed by atoms with Crippen LogP contribution in [0.5, 0.6) is 5.75 Å². The molecule has 0 atom stereocenters. The summed E-state index contributed by atoms with van der Waals surface area (Å²) in [5, 5.41) is 10.8. The lowest BCUT2D eigenvalue weighted by atomic mass is 10.2. The van der Waals surface area contributed by atoms with Crippen molar-refractivity contribution in [3.05, 3.63) is 35.5 Å². The van der Waals surface area contributed by atoms with Gasteiger partial charge in [0.2, 0.25) is 0 Å². The Morgan fingerprint density at radius 3 is 2.69 bits per heavy atom. The molecular formula is C9H6AlClNO. The summed E-state index contributed by atoms with van der Waals surface area (Å²) >= 11 is 5.88. The fourth-order valence-electron chi connectivity index (χ4n) is 1.12. The Morgan fingerprint density at radius 1 is 1.23 bits per heavy atom. The molecule has 0 bridgehead atoms. The van der Waals surface area contributed by atoms with E-state index in [1.54, 1.807) is 18.3 Å². The Labute approximate surface area is 91.3 Å². The first-order valence-electron chi connectivity index (χ1n) is 3.51. The van der Waals surface area contributed by atoms with Crippen LogP contribution >= 0.6 is 11.6 Å². The molecule has 63 valence electrons. The predicted octanol–water partition coefficient (Wildman–Crippen LogP) is 2.21. The smallest absolute Gasteiger partial charge is 0.141 e. The van der Waals surface area contributed by atoms with Crippen LogP contribution in [-0.2, 0) is 0 Å². The first-order valence-corrected chi connectivity index (χ1v) is 3.89. The lowest BCUT2D eigenvalue weighted by Gasteiger charge is -2.00. The summed E-state index contributed by atoms with van der Waals surface area (Å²) in [7, 11) is 0. The molecule has 1 aromatic heterocycles. The van der Waals surface area contributed by atoms with Gasteiger partial charge in [-0.1, -0.05) is 11.6 Å². The summed E-state index contributed by atoms with van der Waals surface area (Å²) in [5.41, 5.74) is 0.546. The minimum atomic E-state index is 0. The van der Waals surface area contributed by atoms with Crippen LogP contribution in [0.2, 0.25) is 5.02 Å². The minimum Gasteiger partial charge on any atom is -0.506 e. The Bertz CT molecular complexity index is 392. The number of hydrogen-bond donors (Lipinski definition) is 1. The summed E-state index contributed by atoms with van der Waals surface area (Å²) in [5.74, 6) is 0.162. The van der Waals surface area contributed by atoms with Gasteiger partial charge in [-0.25, -0.2) is 0 Å². The largest absolute Gasteiger partial charge is 0.506 e. The van der Waals surface area contributed by atoms with E-state index < -0.39 is 0 Å². The molecule has 2 aromatic rings. The highest BCUT2D eigenvalue weighted by atomic mass is 35.5. The van der Waals surface area contributed by atoms with Gasteiger partial charge in [0.25, 0.3) is 0 Å². The van der Waals surface area contributed by atoms with Crippen molar-refractivity contribution in [2.24, 2.45) is 0 Å². The van der Waals surface area contributed by atoms with Crippen LogP contribution in [0.25, 0.3) is 10.9 Å². The number of benzene rings is 1. The van der Waals surface area contributed by atoms with E-state index >= 15 is 0 Å². The lowest BCUT2D eigenvalue weighted by molar-refractivity contribution is 0.480. The Kier molecular flexibility index (Phi) is 3.16. The van der Waals surface area contributed by atoms with E-state index in [2.05, 4.69) is 4.98 Å². The fourth-order valence-corrected chi connectivity index (χ4v) is 1.34. The third-order valence-corrected chi connectivity index (χ3v) is 2.02. The highest BCUT2D eigenvalue weighted by molar-refractivity contribution is 6.35. The summed E-state index contributed by atoms with van der Waals surface area (Å²) in [4.78, 5) is 4.01. The number of fused-ring (bicyclic) bond motifs is 1. The fraction of sp³-hybridized carbons (Fsp3) is 0. The molecule has 0 aliphatic heterocycles. The van der Waals surface area contributed by atoms with Crippen LogP contribution in [0.15, 0.2) is 30.5 Å². The van der Waals surface area contributed by atoms with Crippen LogP contribution in [-0.4, -0.2) is 27.5 Å². The highest BCUT2D eigenvalue weighted by Crippen LogP contribution is 2.28. The number of hydrogen-bond acceptors (Lipinski definition) is 2. The maximum Gasteiger partial charge on any atom is 0.141 e. The van der Waals surface area contributed by atoms with Crippen molar-refractivity contribution in [3.63, 3.8) is 0 Å². The van der Waals surface area contributed by atoms with Crippen molar-refractivity contribution in [1.29, 1.82) is 0 Å². The zero-order valence-electron chi connectivity index (χ0n) is 6.74. The van der Waals surface area contributed by atoms with E-state index in [9.17, 15) is 5.11 Å². The van der Waals surface area contributed by atoms with E-state index in [0.29, 0.717) is 10.5 Å². The van der Waals surface area contributed by atoms with Gasteiger partial charge in [0.1, 0.15) is 11.3 Å². The van der Waals surface area contributed by atoms with Crippen molar-refractivity contribution < 1.29 is 5.11 Å². The Hall–Kier alpha value is -0.748. The molecule has 1 aromatic carbocycles. The number of aromatic hydroxyl groups is 1. The number of phenols is 1. The summed E-state index contributed by atoms with van der Waals surface area (Å²) in [6.45, 7) is 0. The predicted molar refractivity (Wildman–Crippen MR) is 54.2 cm³/mol. The molecule has 0 unspecified atom stereocenters. The van der Waals surface area contributed by atoms with Crippen LogP contribution in [0.1, 0.15) is 0 Å². The van der Waals surface area contributed by atoms with Gasteiger partial charge in [-0.15, -0.1) is 0 Å². The van der Waals surface area contributed by atoms with E-state index in [1.165, 1.54) is 6.07 Å². The van der Waals surface area contributed by atoms with Crippen molar-refractivity contribution in [2.75, 3.05) is 0 Å². The van der Waals surface area contributed by atoms with E-state index in [4.69, 9.17) is 11.6 Å². The van der Waals surface area contributed by atoms with Crippen molar-refractivity contribution in [1.82, 2.24) is 4.98 Å². The van der Waals surface area contributed by atoms with Crippen molar-refractivity contribution in [3.8, 4) is 5.75 Å². The molecule has 0 spiro atoms. The number of halogens is 1. The maximum absolute atomic E-state index is 9.37. The van der Waals surface area contributed by atoms with Crippen molar-refractivity contribution in [2.45, 2.75) is 0 Å². The molecule has 2 nitrogen and oxygen atoms in total. The van der Waals surface area contributed by atoms with E-state index in [1.807, 2.05) is 6.07 Å². The second kappa shape index (κ2) is 3.97. The second-order valence-corrected chi connectivity index (χ2v) is 2.87. The zero-order chi connectivity index (χ0) is 8.55. The quantitative estimate of drug-likeness (QED) is 0.671. The topological polar surface area (TPSA) is 33.1 Å². The number of rotatable bonds is 0. The van der Waals surface area contributed by atoms with Gasteiger partial charge in [0.15, 0.2) is 0 Å². The first kappa shape index (κ1) is 10.3. The summed E-state index contributed by atoms with van der Waals surface area (Å²) in [6.07, 6.45) is 1.62. The molecule has 0 fully saturated rings. The normalized spacial score (nSPS) is 9.62. The average Bonchev–Trinajstić information content (AvgIpc) is 2.12. The molecule has 0 saturated heterocycles. The second-order valence-electron chi connectivity index (χ2n) is 2.47. The van der Waals surface area contributed by atoms with Gasteiger partial charge >= 0.3 is 0 Å². The van der Waals surface area contributed by atoms with E-state index in [-0.39, 0.29) is 23.1 Å². The molecule has 1 heterocycles. The maximum atomic E-state index is 9.37. The van der Waals surface area contributed by atoms with Crippen LogP contribution < -0.4 is 0 Å². The number of aromatic nitrogens is 1. The first-order chi connectivity index (χ1) is 5.79. The van der Waals surface area contributed by atoms with Crippen molar-refractivity contribution >= 4 is 39.9 Å². The van der Waals surface area contributed by atoms with Gasteiger partial charge < -0.3 is 5.11 Å². The summed E-state index contributed by atoms with van der Waals surface area (Å²) < 4.78 is 0. The SMILES string of the molecule is Oc1ccc(Cl)c2cccnc12.[Al]. The van der Waals surface area contributed by atoms with Gasteiger partial charge in [0.05, 0.1) is 5.02 Å². The molecule has 4 heteroatoms. The lowest BCUT2D eigenvalue weighted by Crippen LogP contribution is -1.78. The highest BCUT2D eigenvalue weighted by Gasteiger charge is 2.02. The molecule has 13 heavy (non-hydrogen) atoms. The Balaban J connectivity index is 0.000000845. The average molecular weight is 207 g/mol. The van der Waals surface area contributed by atoms with Gasteiger partial charge in [-0.2, -0.15) is 0 Å². The monoisotopic (exact) mass is 206 g/mol. The number of phenolic OH excluding ortho intramolecular Hbond substituents is 1. The minimum absolute atomic E-state index is 0. The van der Waals surface area contributed by atoms with Crippen LogP contribution in [0.3, 0.4) is 0 Å². The summed E-state index contributed by atoms with van der Waals surface area (Å²) in [6, 6.07) is 6.80. The van der Waals surface area contributed by atoms with Gasteiger partial charge in [0, 0.05) is 28.9 Å². The molecule has 0 amide bonds. The Morgan fingerprint density at radius 2 is 2.00 bits per heavy atom. The molecule has 0 saturated carbocycles. The van der Waals surface area contributed by atoms with Crippen LogP contribution in [0.4, 0.5) is 0 Å². The van der Waals surface area contributed by atoms with Gasteiger partial charge in [-0.05, 0) is 24.3 Å². The van der Waals surface area contributed by atoms with E-state index in [0.717, 1.165) is 5.39 Å². The molecule has 3 radical (unpaired) electrons. The third-order valence-electron chi connectivity index (χ3n) is 1.70. The molecular weight excluding hydrogens is 201 g/mol. The van der Waals surface area contributed by atoms with Crippen LogP contribution in [0, 0.1) is 0 Å². The molecule has 0 aliphatic carbocycles. The zero-order valence-corrected chi connectivity index (χ0v) is 8.65. The van der Waals surface area contributed by atoms with Gasteiger partial charge in [-0.3, -0.25) is 4.98 Å². The standard InChI is InChI=1S/C9H6ClNO.Al/c10-7-3-4-8(12)9-6(7)2-1-5-11-9;/h1-5,12H;.